The third-order valence-electron chi connectivity index (χ3n) is 7.10. The molecule has 1 aliphatic heterocycles. The van der Waals surface area contributed by atoms with E-state index in [4.69, 9.17) is 9.47 Å². The number of hydrogen-bond donors (Lipinski definition) is 1. The van der Waals surface area contributed by atoms with E-state index in [1.54, 1.807) is 26.6 Å². The van der Waals surface area contributed by atoms with Crippen LogP contribution in [0.25, 0.3) is 22.5 Å². The normalized spacial score (nSPS) is 13.6. The number of aromatic nitrogens is 4. The Morgan fingerprint density at radius 1 is 0.875 bits per heavy atom. The zero-order valence-corrected chi connectivity index (χ0v) is 22.6. The van der Waals surface area contributed by atoms with Crippen LogP contribution < -0.4 is 25.2 Å². The van der Waals surface area contributed by atoms with Crippen molar-refractivity contribution in [3.63, 3.8) is 0 Å². The fraction of sp³-hybridized carbons (Fsp3) is 0.300. The molecule has 1 saturated heterocycles. The van der Waals surface area contributed by atoms with E-state index >= 15 is 0 Å². The van der Waals surface area contributed by atoms with Crippen LogP contribution >= 0.6 is 0 Å². The fourth-order valence-corrected chi connectivity index (χ4v) is 4.76. The number of anilines is 1. The molecule has 3 heterocycles. The number of piperidine rings is 1. The first kappa shape index (κ1) is 26.9. The number of hydrogen-bond acceptors (Lipinski definition) is 8. The van der Waals surface area contributed by atoms with Crippen LogP contribution in [0.4, 0.5) is 5.82 Å². The molecule has 5 rings (SSSR count). The molecular formula is C30H32N6O4. The number of methoxy groups -OCH3 is 2. The van der Waals surface area contributed by atoms with Gasteiger partial charge in [0, 0.05) is 48.8 Å². The monoisotopic (exact) mass is 540 g/mol. The number of nitrogens with zero attached hydrogens (tertiary/aromatic N) is 5. The maximum absolute atomic E-state index is 12.9. The van der Waals surface area contributed by atoms with Gasteiger partial charge >= 0.3 is 0 Å². The minimum absolute atomic E-state index is 0.000572. The molecule has 1 amide bonds. The van der Waals surface area contributed by atoms with Gasteiger partial charge in [0.2, 0.25) is 5.91 Å². The van der Waals surface area contributed by atoms with Crippen LogP contribution in [0.1, 0.15) is 12.8 Å². The van der Waals surface area contributed by atoms with E-state index in [-0.39, 0.29) is 17.4 Å². The lowest BCUT2D eigenvalue weighted by Gasteiger charge is -2.32. The summed E-state index contributed by atoms with van der Waals surface area (Å²) >= 11 is 0. The number of amides is 1. The Bertz CT molecular complexity index is 1500. The molecule has 0 aliphatic carbocycles. The van der Waals surface area contributed by atoms with Crippen molar-refractivity contribution in [1.29, 1.82) is 0 Å². The molecule has 10 nitrogen and oxygen atoms in total. The Labute approximate surface area is 232 Å². The Hall–Kier alpha value is -4.73. The van der Waals surface area contributed by atoms with Gasteiger partial charge in [0.05, 0.1) is 32.2 Å². The molecule has 4 aromatic rings. The van der Waals surface area contributed by atoms with Gasteiger partial charge in [0.15, 0.2) is 0 Å². The van der Waals surface area contributed by atoms with Gasteiger partial charge in [-0.2, -0.15) is 5.10 Å². The molecule has 2 aromatic heterocycles. The Morgan fingerprint density at radius 2 is 1.50 bits per heavy atom. The van der Waals surface area contributed by atoms with Crippen LogP contribution in [0.15, 0.2) is 77.9 Å². The van der Waals surface area contributed by atoms with Crippen molar-refractivity contribution in [2.24, 2.45) is 5.92 Å². The molecule has 10 heteroatoms. The highest BCUT2D eigenvalue weighted by molar-refractivity contribution is 5.79. The summed E-state index contributed by atoms with van der Waals surface area (Å²) in [4.78, 5) is 36.3. The SMILES string of the molecule is COc1ccc(-c2cc(N3CCC(C(=O)NCCn4nc(-c5ccc(OC)cc5)ccc4=O)CC3)ncn2)cc1. The van der Waals surface area contributed by atoms with Crippen molar-refractivity contribution < 1.29 is 14.3 Å². The van der Waals surface area contributed by atoms with Gasteiger partial charge in [-0.05, 0) is 67.4 Å². The zero-order chi connectivity index (χ0) is 27.9. The van der Waals surface area contributed by atoms with Gasteiger partial charge in [-0.25, -0.2) is 14.6 Å². The van der Waals surface area contributed by atoms with Crippen molar-refractivity contribution in [2.75, 3.05) is 38.8 Å². The molecule has 40 heavy (non-hydrogen) atoms. The summed E-state index contributed by atoms with van der Waals surface area (Å²) in [6.45, 7) is 2.07. The van der Waals surface area contributed by atoms with Gasteiger partial charge in [0.1, 0.15) is 23.6 Å². The topological polar surface area (TPSA) is 111 Å². The molecule has 2 aromatic carbocycles. The van der Waals surface area contributed by atoms with E-state index < -0.39 is 0 Å². The first-order chi connectivity index (χ1) is 19.5. The van der Waals surface area contributed by atoms with E-state index in [1.165, 1.54) is 10.7 Å². The van der Waals surface area contributed by atoms with Crippen LogP contribution in [-0.4, -0.2) is 59.5 Å². The summed E-state index contributed by atoms with van der Waals surface area (Å²) in [6.07, 6.45) is 3.02. The highest BCUT2D eigenvalue weighted by Gasteiger charge is 2.25. The molecule has 0 unspecified atom stereocenters. The summed E-state index contributed by atoms with van der Waals surface area (Å²) in [5, 5.41) is 7.46. The zero-order valence-electron chi connectivity index (χ0n) is 22.6. The maximum atomic E-state index is 12.9. The smallest absolute Gasteiger partial charge is 0.266 e. The van der Waals surface area contributed by atoms with Crippen molar-refractivity contribution in [3.05, 3.63) is 83.4 Å². The molecular weight excluding hydrogens is 508 g/mol. The van der Waals surface area contributed by atoms with Crippen molar-refractivity contribution >= 4 is 11.7 Å². The number of ether oxygens (including phenoxy) is 2. The molecule has 0 radical (unpaired) electrons. The van der Waals surface area contributed by atoms with Gasteiger partial charge in [0.25, 0.3) is 5.56 Å². The molecule has 1 N–H and O–H groups in total. The second-order valence-corrected chi connectivity index (χ2v) is 9.55. The van der Waals surface area contributed by atoms with E-state index in [9.17, 15) is 9.59 Å². The number of nitrogens with one attached hydrogen (secondary N) is 1. The van der Waals surface area contributed by atoms with E-state index in [0.29, 0.717) is 18.8 Å². The van der Waals surface area contributed by atoms with Crippen molar-refractivity contribution in [2.45, 2.75) is 19.4 Å². The van der Waals surface area contributed by atoms with Crippen LogP contribution in [0, 0.1) is 5.92 Å². The van der Waals surface area contributed by atoms with E-state index in [2.05, 4.69) is 25.3 Å². The van der Waals surface area contributed by atoms with Crippen LogP contribution in [-0.2, 0) is 11.3 Å². The number of rotatable bonds is 9. The largest absolute Gasteiger partial charge is 0.497 e. The number of carbonyl (C=O) groups is 1. The highest BCUT2D eigenvalue weighted by atomic mass is 16.5. The minimum atomic E-state index is -0.210. The summed E-state index contributed by atoms with van der Waals surface area (Å²) in [6, 6.07) is 20.4. The van der Waals surface area contributed by atoms with Gasteiger partial charge in [-0.15, -0.1) is 0 Å². The lowest BCUT2D eigenvalue weighted by molar-refractivity contribution is -0.125. The van der Waals surface area contributed by atoms with Gasteiger partial charge in [-0.3, -0.25) is 9.59 Å². The van der Waals surface area contributed by atoms with Gasteiger partial charge in [-0.1, -0.05) is 0 Å². The Morgan fingerprint density at radius 3 is 2.12 bits per heavy atom. The van der Waals surface area contributed by atoms with Gasteiger partial charge < -0.3 is 19.7 Å². The summed E-state index contributed by atoms with van der Waals surface area (Å²) in [5.41, 5.74) is 3.18. The third-order valence-corrected chi connectivity index (χ3v) is 7.10. The predicted octanol–water partition coefficient (Wildman–Crippen LogP) is 3.42. The molecule has 206 valence electrons. The maximum Gasteiger partial charge on any atom is 0.266 e. The highest BCUT2D eigenvalue weighted by Crippen LogP contribution is 2.26. The fourth-order valence-electron chi connectivity index (χ4n) is 4.76. The lowest BCUT2D eigenvalue weighted by atomic mass is 9.96. The number of carbonyl (C=O) groups excluding carboxylic acids is 1. The first-order valence-corrected chi connectivity index (χ1v) is 13.3. The van der Waals surface area contributed by atoms with Crippen LogP contribution in [0.2, 0.25) is 0 Å². The van der Waals surface area contributed by atoms with E-state index in [0.717, 1.165) is 60.1 Å². The lowest BCUT2D eigenvalue weighted by Crippen LogP contribution is -2.42. The molecule has 0 saturated carbocycles. The second-order valence-electron chi connectivity index (χ2n) is 9.55. The quantitative estimate of drug-likeness (QED) is 0.344. The molecule has 1 fully saturated rings. The molecule has 1 aliphatic rings. The Balaban J connectivity index is 1.13. The molecule has 0 bridgehead atoms. The summed E-state index contributed by atoms with van der Waals surface area (Å²) in [5.74, 6) is 2.31. The second kappa shape index (κ2) is 12.4. The summed E-state index contributed by atoms with van der Waals surface area (Å²) in [7, 11) is 3.26. The standard InChI is InChI=1S/C30H32N6O4/c1-39-24-7-3-21(4-8-24)26-11-12-29(37)36(34-26)18-15-31-30(38)23-13-16-35(17-14-23)28-19-27(32-20-33-28)22-5-9-25(40-2)10-6-22/h3-12,19-20,23H,13-18H2,1-2H3,(H,31,38). The summed E-state index contributed by atoms with van der Waals surface area (Å²) < 4.78 is 11.8. The first-order valence-electron chi connectivity index (χ1n) is 13.3. The van der Waals surface area contributed by atoms with Crippen molar-refractivity contribution in [1.82, 2.24) is 25.1 Å². The molecule has 0 spiro atoms. The molecule has 0 atom stereocenters. The minimum Gasteiger partial charge on any atom is -0.497 e. The van der Waals surface area contributed by atoms with E-state index in [1.807, 2.05) is 54.6 Å². The Kier molecular flexibility index (Phi) is 8.34. The average molecular weight is 541 g/mol. The van der Waals surface area contributed by atoms with Crippen LogP contribution in [0.3, 0.4) is 0 Å². The van der Waals surface area contributed by atoms with Crippen molar-refractivity contribution in [3.8, 4) is 34.0 Å². The predicted molar refractivity (Wildman–Crippen MR) is 152 cm³/mol. The average Bonchev–Trinajstić information content (AvgIpc) is 3.02. The number of benzene rings is 2. The third kappa shape index (κ3) is 6.28. The van der Waals surface area contributed by atoms with Crippen LogP contribution in [0.5, 0.6) is 11.5 Å².